The number of nitrogens with zero attached hydrogens (tertiary/aromatic N) is 2. The standard InChI is InChI=1S/C14H14F4N4/c1-2-19-13-21-11(14(16,17)18)7-12(22-13)20-8-9-3-5-10(15)6-4-9/h3-7H,2,8H2,1H3,(H2,19,20,21,22). The van der Waals surface area contributed by atoms with Crippen LogP contribution in [-0.2, 0) is 12.7 Å². The largest absolute Gasteiger partial charge is 0.433 e. The molecule has 0 spiro atoms. The van der Waals surface area contributed by atoms with Crippen LogP contribution in [0, 0.1) is 5.82 Å². The van der Waals surface area contributed by atoms with Crippen molar-refractivity contribution in [1.29, 1.82) is 0 Å². The molecule has 0 unspecified atom stereocenters. The molecule has 2 N–H and O–H groups in total. The lowest BCUT2D eigenvalue weighted by molar-refractivity contribution is -0.141. The van der Waals surface area contributed by atoms with Gasteiger partial charge in [0.1, 0.15) is 11.6 Å². The molecule has 0 bridgehead atoms. The van der Waals surface area contributed by atoms with Crippen LogP contribution in [0.5, 0.6) is 0 Å². The molecule has 0 aliphatic rings. The SMILES string of the molecule is CCNc1nc(NCc2ccc(F)cc2)cc(C(F)(F)F)n1. The van der Waals surface area contributed by atoms with E-state index in [0.29, 0.717) is 6.54 Å². The van der Waals surface area contributed by atoms with Gasteiger partial charge in [-0.3, -0.25) is 0 Å². The van der Waals surface area contributed by atoms with Crippen molar-refractivity contribution in [2.75, 3.05) is 17.2 Å². The van der Waals surface area contributed by atoms with E-state index in [0.717, 1.165) is 11.6 Å². The van der Waals surface area contributed by atoms with Crippen LogP contribution in [0.4, 0.5) is 29.3 Å². The zero-order valence-electron chi connectivity index (χ0n) is 11.7. The summed E-state index contributed by atoms with van der Waals surface area (Å²) in [5.74, 6) is -0.430. The van der Waals surface area contributed by atoms with Crippen LogP contribution >= 0.6 is 0 Å². The Bertz CT molecular complexity index is 626. The van der Waals surface area contributed by atoms with Gasteiger partial charge in [-0.25, -0.2) is 9.37 Å². The van der Waals surface area contributed by atoms with Gasteiger partial charge in [-0.15, -0.1) is 0 Å². The molecular weight excluding hydrogens is 300 g/mol. The summed E-state index contributed by atoms with van der Waals surface area (Å²) in [5.41, 5.74) is -0.307. The summed E-state index contributed by atoms with van der Waals surface area (Å²) >= 11 is 0. The highest BCUT2D eigenvalue weighted by molar-refractivity contribution is 5.43. The zero-order valence-corrected chi connectivity index (χ0v) is 11.7. The minimum absolute atomic E-state index is 0.0441. The Hall–Kier alpha value is -2.38. The number of halogens is 4. The normalized spacial score (nSPS) is 11.3. The molecule has 0 amide bonds. The van der Waals surface area contributed by atoms with E-state index in [2.05, 4.69) is 20.6 Å². The molecule has 1 heterocycles. The second-order valence-electron chi connectivity index (χ2n) is 4.47. The fraction of sp³-hybridized carbons (Fsp3) is 0.286. The minimum Gasteiger partial charge on any atom is -0.366 e. The predicted octanol–water partition coefficient (Wildman–Crippen LogP) is 3.68. The lowest BCUT2D eigenvalue weighted by Gasteiger charge is -2.12. The Balaban J connectivity index is 2.18. The topological polar surface area (TPSA) is 49.8 Å². The number of alkyl halides is 3. The van der Waals surface area contributed by atoms with Crippen LogP contribution in [0.3, 0.4) is 0 Å². The summed E-state index contributed by atoms with van der Waals surface area (Å²) < 4.78 is 51.2. The highest BCUT2D eigenvalue weighted by atomic mass is 19.4. The van der Waals surface area contributed by atoms with Crippen molar-refractivity contribution in [3.63, 3.8) is 0 Å². The number of benzene rings is 1. The maximum atomic E-state index is 12.8. The number of hydrogen-bond acceptors (Lipinski definition) is 4. The lowest BCUT2D eigenvalue weighted by Crippen LogP contribution is -2.14. The van der Waals surface area contributed by atoms with Crippen LogP contribution in [0.15, 0.2) is 30.3 Å². The van der Waals surface area contributed by atoms with Crippen molar-refractivity contribution in [3.05, 3.63) is 47.4 Å². The van der Waals surface area contributed by atoms with Gasteiger partial charge in [0, 0.05) is 19.2 Å². The van der Waals surface area contributed by atoms with Crippen molar-refractivity contribution < 1.29 is 17.6 Å². The molecule has 0 saturated carbocycles. The first-order chi connectivity index (χ1) is 10.4. The van der Waals surface area contributed by atoms with Gasteiger partial charge in [0.15, 0.2) is 5.69 Å². The molecule has 0 aliphatic carbocycles. The second-order valence-corrected chi connectivity index (χ2v) is 4.47. The van der Waals surface area contributed by atoms with E-state index < -0.39 is 11.9 Å². The van der Waals surface area contributed by atoms with E-state index in [9.17, 15) is 17.6 Å². The molecule has 0 saturated heterocycles. The van der Waals surface area contributed by atoms with Gasteiger partial charge < -0.3 is 10.6 Å². The number of nitrogens with one attached hydrogen (secondary N) is 2. The molecule has 1 aromatic heterocycles. The van der Waals surface area contributed by atoms with Gasteiger partial charge in [-0.05, 0) is 24.6 Å². The Kier molecular flexibility index (Phi) is 4.79. The number of aromatic nitrogens is 2. The zero-order chi connectivity index (χ0) is 16.2. The Morgan fingerprint density at radius 3 is 2.32 bits per heavy atom. The first-order valence-electron chi connectivity index (χ1n) is 6.57. The molecule has 1 aromatic carbocycles. The third kappa shape index (κ3) is 4.31. The van der Waals surface area contributed by atoms with Crippen molar-refractivity contribution >= 4 is 11.8 Å². The summed E-state index contributed by atoms with van der Waals surface area (Å²) in [7, 11) is 0. The molecule has 2 aromatic rings. The second kappa shape index (κ2) is 6.59. The van der Waals surface area contributed by atoms with Crippen molar-refractivity contribution in [2.24, 2.45) is 0 Å². The highest BCUT2D eigenvalue weighted by Gasteiger charge is 2.33. The van der Waals surface area contributed by atoms with Gasteiger partial charge in [0.05, 0.1) is 0 Å². The van der Waals surface area contributed by atoms with E-state index in [1.807, 2.05) is 0 Å². The van der Waals surface area contributed by atoms with Gasteiger partial charge in [0.2, 0.25) is 5.95 Å². The molecule has 0 fully saturated rings. The van der Waals surface area contributed by atoms with Crippen LogP contribution in [0.1, 0.15) is 18.2 Å². The van der Waals surface area contributed by atoms with Gasteiger partial charge in [0.25, 0.3) is 0 Å². The van der Waals surface area contributed by atoms with E-state index >= 15 is 0 Å². The molecule has 118 valence electrons. The first-order valence-corrected chi connectivity index (χ1v) is 6.57. The average molecular weight is 314 g/mol. The molecule has 0 aliphatic heterocycles. The van der Waals surface area contributed by atoms with Gasteiger partial charge >= 0.3 is 6.18 Å². The molecule has 8 heteroatoms. The molecule has 2 rings (SSSR count). The van der Waals surface area contributed by atoms with Crippen LogP contribution in [0.25, 0.3) is 0 Å². The van der Waals surface area contributed by atoms with E-state index in [4.69, 9.17) is 0 Å². The first kappa shape index (κ1) is 16.0. The highest BCUT2D eigenvalue weighted by Crippen LogP contribution is 2.29. The van der Waals surface area contributed by atoms with Crippen molar-refractivity contribution in [1.82, 2.24) is 9.97 Å². The number of hydrogen-bond donors (Lipinski definition) is 2. The maximum Gasteiger partial charge on any atom is 0.433 e. The quantitative estimate of drug-likeness (QED) is 0.827. The van der Waals surface area contributed by atoms with Crippen LogP contribution in [0.2, 0.25) is 0 Å². The molecule has 4 nitrogen and oxygen atoms in total. The van der Waals surface area contributed by atoms with Crippen LogP contribution < -0.4 is 10.6 Å². The Labute approximate surface area is 124 Å². The summed E-state index contributed by atoms with van der Waals surface area (Å²) in [4.78, 5) is 7.39. The maximum absolute atomic E-state index is 12.8. The lowest BCUT2D eigenvalue weighted by atomic mass is 10.2. The molecular formula is C14H14F4N4. The third-order valence-electron chi connectivity index (χ3n) is 2.74. The monoisotopic (exact) mass is 314 g/mol. The summed E-state index contributed by atoms with van der Waals surface area (Å²) in [6, 6.07) is 6.48. The van der Waals surface area contributed by atoms with Crippen molar-refractivity contribution in [2.45, 2.75) is 19.6 Å². The fourth-order valence-corrected chi connectivity index (χ4v) is 1.72. The number of rotatable bonds is 5. The smallest absolute Gasteiger partial charge is 0.366 e. The fourth-order valence-electron chi connectivity index (χ4n) is 1.72. The third-order valence-corrected chi connectivity index (χ3v) is 2.74. The molecule has 22 heavy (non-hydrogen) atoms. The van der Waals surface area contributed by atoms with E-state index in [-0.39, 0.29) is 24.1 Å². The van der Waals surface area contributed by atoms with Gasteiger partial charge in [-0.2, -0.15) is 18.2 Å². The average Bonchev–Trinajstić information content (AvgIpc) is 2.46. The summed E-state index contributed by atoms with van der Waals surface area (Å²) in [6.07, 6.45) is -4.56. The van der Waals surface area contributed by atoms with Crippen molar-refractivity contribution in [3.8, 4) is 0 Å². The van der Waals surface area contributed by atoms with E-state index in [1.54, 1.807) is 19.1 Å². The summed E-state index contributed by atoms with van der Waals surface area (Å²) in [5, 5.41) is 5.43. The van der Waals surface area contributed by atoms with Crippen LogP contribution in [-0.4, -0.2) is 16.5 Å². The predicted molar refractivity (Wildman–Crippen MR) is 74.9 cm³/mol. The minimum atomic E-state index is -4.56. The van der Waals surface area contributed by atoms with E-state index in [1.165, 1.54) is 12.1 Å². The molecule has 0 radical (unpaired) electrons. The number of anilines is 2. The summed E-state index contributed by atoms with van der Waals surface area (Å²) in [6.45, 7) is 2.36. The molecule has 0 atom stereocenters. The Morgan fingerprint density at radius 1 is 1.05 bits per heavy atom. The van der Waals surface area contributed by atoms with Gasteiger partial charge in [-0.1, -0.05) is 12.1 Å². The Morgan fingerprint density at radius 2 is 1.73 bits per heavy atom.